The molecule has 0 spiro atoms. The third-order valence-corrected chi connectivity index (χ3v) is 6.84. The van der Waals surface area contributed by atoms with Crippen molar-refractivity contribution < 1.29 is 9.18 Å². The molecule has 8 heteroatoms. The van der Waals surface area contributed by atoms with Gasteiger partial charge >= 0.3 is 6.03 Å². The van der Waals surface area contributed by atoms with Crippen LogP contribution < -0.4 is 15.1 Å². The standard InChI is InChI=1S/C25H31FN6O/c1-3-4-5-12-31(17-25(2)8-9-25)21-6-10-27-22-19(21)7-13-32(22)24(33)29-18-15-20(26)23-28-11-14-30(23)16-18/h6,10-11,14-16H,3-5,7-9,12-13,17H2,1-2H3,(H,29,33). The summed E-state index contributed by atoms with van der Waals surface area (Å²) in [4.78, 5) is 25.8. The number of imidazole rings is 1. The van der Waals surface area contributed by atoms with Gasteiger partial charge in [-0.1, -0.05) is 26.7 Å². The van der Waals surface area contributed by atoms with Gasteiger partial charge in [0.1, 0.15) is 5.82 Å². The van der Waals surface area contributed by atoms with Crippen molar-refractivity contribution in [3.05, 3.63) is 48.3 Å². The molecule has 1 fully saturated rings. The van der Waals surface area contributed by atoms with E-state index < -0.39 is 5.82 Å². The fourth-order valence-electron chi connectivity index (χ4n) is 4.69. The molecular weight excluding hydrogens is 419 g/mol. The molecule has 7 nitrogen and oxygen atoms in total. The molecule has 0 radical (unpaired) electrons. The summed E-state index contributed by atoms with van der Waals surface area (Å²) in [6.07, 6.45) is 13.5. The first kappa shape index (κ1) is 21.7. The maximum absolute atomic E-state index is 14.3. The predicted octanol–water partition coefficient (Wildman–Crippen LogP) is 5.26. The van der Waals surface area contributed by atoms with Crippen LogP contribution in [0.3, 0.4) is 0 Å². The highest BCUT2D eigenvalue weighted by molar-refractivity contribution is 6.03. The average Bonchev–Trinajstić information content (AvgIpc) is 3.17. The van der Waals surface area contributed by atoms with Gasteiger partial charge in [0, 0.05) is 61.7 Å². The number of nitrogens with one attached hydrogen (secondary N) is 1. The second-order valence-corrected chi connectivity index (χ2v) is 9.64. The number of anilines is 3. The molecule has 3 aromatic rings. The Labute approximate surface area is 193 Å². The highest BCUT2D eigenvalue weighted by atomic mass is 19.1. The van der Waals surface area contributed by atoms with Crippen LogP contribution in [-0.4, -0.2) is 40.0 Å². The Morgan fingerprint density at radius 1 is 1.27 bits per heavy atom. The van der Waals surface area contributed by atoms with Gasteiger partial charge in [-0.25, -0.2) is 19.2 Å². The molecule has 0 unspecified atom stereocenters. The number of unbranched alkanes of at least 4 members (excludes halogenated alkanes) is 2. The van der Waals surface area contributed by atoms with Crippen LogP contribution >= 0.6 is 0 Å². The van der Waals surface area contributed by atoms with Crippen molar-refractivity contribution in [2.45, 2.75) is 52.4 Å². The maximum atomic E-state index is 14.3. The molecule has 5 rings (SSSR count). The highest BCUT2D eigenvalue weighted by Gasteiger charge is 2.40. The van der Waals surface area contributed by atoms with Crippen LogP contribution in [-0.2, 0) is 6.42 Å². The van der Waals surface area contributed by atoms with E-state index in [0.29, 0.717) is 23.5 Å². The molecule has 0 atom stereocenters. The molecule has 33 heavy (non-hydrogen) atoms. The van der Waals surface area contributed by atoms with Crippen molar-refractivity contribution in [3.8, 4) is 0 Å². The first-order valence-corrected chi connectivity index (χ1v) is 11.9. The average molecular weight is 451 g/mol. The molecule has 0 bridgehead atoms. The van der Waals surface area contributed by atoms with E-state index in [-0.39, 0.29) is 11.7 Å². The Kier molecular flexibility index (Phi) is 5.68. The molecule has 2 aliphatic rings. The van der Waals surface area contributed by atoms with Crippen molar-refractivity contribution in [1.82, 2.24) is 14.4 Å². The third-order valence-electron chi connectivity index (χ3n) is 6.84. The van der Waals surface area contributed by atoms with E-state index in [4.69, 9.17) is 0 Å². The van der Waals surface area contributed by atoms with Crippen LogP contribution in [0.25, 0.3) is 5.65 Å². The Morgan fingerprint density at radius 3 is 2.91 bits per heavy atom. The molecule has 1 saturated carbocycles. The second-order valence-electron chi connectivity index (χ2n) is 9.64. The Balaban J connectivity index is 1.37. The van der Waals surface area contributed by atoms with Crippen LogP contribution in [0.4, 0.5) is 26.4 Å². The molecule has 0 saturated heterocycles. The van der Waals surface area contributed by atoms with E-state index in [1.165, 1.54) is 43.6 Å². The van der Waals surface area contributed by atoms with E-state index in [9.17, 15) is 9.18 Å². The number of amides is 2. The van der Waals surface area contributed by atoms with Crippen molar-refractivity contribution in [1.29, 1.82) is 0 Å². The van der Waals surface area contributed by atoms with Gasteiger partial charge in [0.05, 0.1) is 5.69 Å². The quantitative estimate of drug-likeness (QED) is 0.476. The number of carbonyl (C=O) groups excluding carboxylic acids is 1. The Bertz CT molecular complexity index is 1170. The molecule has 0 aromatic carbocycles. The van der Waals surface area contributed by atoms with Gasteiger partial charge in [0.15, 0.2) is 11.5 Å². The zero-order valence-electron chi connectivity index (χ0n) is 19.4. The lowest BCUT2D eigenvalue weighted by atomic mass is 10.1. The zero-order chi connectivity index (χ0) is 23.0. The van der Waals surface area contributed by atoms with Gasteiger partial charge in [-0.3, -0.25) is 4.90 Å². The number of urea groups is 1. The summed E-state index contributed by atoms with van der Waals surface area (Å²) in [5.74, 6) is 0.229. The lowest BCUT2D eigenvalue weighted by Gasteiger charge is -2.30. The number of rotatable bonds is 8. The largest absolute Gasteiger partial charge is 0.371 e. The smallest absolute Gasteiger partial charge is 0.327 e. The van der Waals surface area contributed by atoms with Crippen molar-refractivity contribution in [3.63, 3.8) is 0 Å². The number of carbonyl (C=O) groups is 1. The minimum Gasteiger partial charge on any atom is -0.371 e. The Hall–Kier alpha value is -3.16. The van der Waals surface area contributed by atoms with Crippen molar-refractivity contribution >= 4 is 28.9 Å². The minimum absolute atomic E-state index is 0.235. The van der Waals surface area contributed by atoms with Crippen LogP contribution in [0.15, 0.2) is 36.9 Å². The summed E-state index contributed by atoms with van der Waals surface area (Å²) in [7, 11) is 0. The lowest BCUT2D eigenvalue weighted by molar-refractivity contribution is 0.257. The van der Waals surface area contributed by atoms with Gasteiger partial charge in [-0.2, -0.15) is 0 Å². The first-order valence-electron chi connectivity index (χ1n) is 11.9. The fraction of sp³-hybridized carbons (Fsp3) is 0.480. The maximum Gasteiger partial charge on any atom is 0.327 e. The topological polar surface area (TPSA) is 65.8 Å². The molecule has 4 heterocycles. The first-order chi connectivity index (χ1) is 16.0. The number of aromatic nitrogens is 3. The summed E-state index contributed by atoms with van der Waals surface area (Å²) >= 11 is 0. The van der Waals surface area contributed by atoms with Crippen molar-refractivity contribution in [2.24, 2.45) is 5.41 Å². The third kappa shape index (κ3) is 4.38. The molecule has 1 N–H and O–H groups in total. The van der Waals surface area contributed by atoms with Crippen LogP contribution in [0.5, 0.6) is 0 Å². The molecule has 174 valence electrons. The number of hydrogen-bond acceptors (Lipinski definition) is 4. The van der Waals surface area contributed by atoms with Gasteiger partial charge in [-0.15, -0.1) is 0 Å². The van der Waals surface area contributed by atoms with Crippen LogP contribution in [0.1, 0.15) is 51.5 Å². The van der Waals surface area contributed by atoms with Crippen LogP contribution in [0.2, 0.25) is 0 Å². The molecule has 2 amide bonds. The number of hydrogen-bond donors (Lipinski definition) is 1. The Morgan fingerprint density at radius 2 is 2.12 bits per heavy atom. The highest BCUT2D eigenvalue weighted by Crippen LogP contribution is 2.47. The number of pyridine rings is 2. The number of halogens is 1. The molecule has 3 aromatic heterocycles. The van der Waals surface area contributed by atoms with E-state index >= 15 is 0 Å². The summed E-state index contributed by atoms with van der Waals surface area (Å²) < 4.78 is 15.9. The van der Waals surface area contributed by atoms with Gasteiger partial charge < -0.3 is 14.6 Å². The molecule has 1 aliphatic carbocycles. The predicted molar refractivity (Wildman–Crippen MR) is 129 cm³/mol. The van der Waals surface area contributed by atoms with Gasteiger partial charge in [0.2, 0.25) is 0 Å². The number of fused-ring (bicyclic) bond motifs is 2. The number of nitrogens with zero attached hydrogens (tertiary/aromatic N) is 5. The van der Waals surface area contributed by atoms with Crippen LogP contribution in [0, 0.1) is 11.2 Å². The molecule has 1 aliphatic heterocycles. The SMILES string of the molecule is CCCCCN(CC1(C)CC1)c1ccnc2c1CCN2C(=O)Nc1cc(F)c2nccn2c1. The second kappa shape index (κ2) is 8.65. The van der Waals surface area contributed by atoms with E-state index in [2.05, 4.69) is 40.1 Å². The monoisotopic (exact) mass is 450 g/mol. The van der Waals surface area contributed by atoms with Crippen molar-refractivity contribution in [2.75, 3.05) is 34.8 Å². The van der Waals surface area contributed by atoms with E-state index in [1.54, 1.807) is 27.9 Å². The summed E-state index contributed by atoms with van der Waals surface area (Å²) in [6.45, 7) is 7.21. The zero-order valence-corrected chi connectivity index (χ0v) is 19.4. The van der Waals surface area contributed by atoms with Gasteiger partial charge in [0.25, 0.3) is 0 Å². The lowest BCUT2D eigenvalue weighted by Crippen LogP contribution is -2.34. The fourth-order valence-corrected chi connectivity index (χ4v) is 4.69. The minimum atomic E-state index is -0.476. The van der Waals surface area contributed by atoms with E-state index in [0.717, 1.165) is 31.5 Å². The van der Waals surface area contributed by atoms with E-state index in [1.807, 2.05) is 0 Å². The summed E-state index contributed by atoms with van der Waals surface area (Å²) in [6, 6.07) is 3.09. The summed E-state index contributed by atoms with van der Waals surface area (Å²) in [5, 5.41) is 2.83. The summed E-state index contributed by atoms with van der Waals surface area (Å²) in [5.41, 5.74) is 3.34. The van der Waals surface area contributed by atoms with Gasteiger partial charge in [-0.05, 0) is 37.2 Å². The molecular formula is C25H31FN6O. The normalized spacial score (nSPS) is 16.2.